The average molecular weight is 260 g/mol. The molecule has 0 spiro atoms. The molecule has 1 N–H and O–H groups in total. The first-order valence-electron chi connectivity index (χ1n) is 5.93. The number of nitrogens with zero attached hydrogens (tertiary/aromatic N) is 2. The summed E-state index contributed by atoms with van der Waals surface area (Å²) in [4.78, 5) is 4.36. The van der Waals surface area contributed by atoms with Gasteiger partial charge in [-0.25, -0.2) is 0 Å². The molecule has 2 rings (SSSR count). The fourth-order valence-corrected chi connectivity index (χ4v) is 2.10. The number of nitrogens with one attached hydrogen (secondary N) is 1. The minimum absolute atomic E-state index is 0.140. The fourth-order valence-electron chi connectivity index (χ4n) is 1.88. The summed E-state index contributed by atoms with van der Waals surface area (Å²) in [7, 11) is 0. The van der Waals surface area contributed by atoms with Crippen molar-refractivity contribution >= 4 is 28.2 Å². The van der Waals surface area contributed by atoms with Crippen molar-refractivity contribution in [2.24, 2.45) is 0 Å². The Balaban J connectivity index is 2.40. The van der Waals surface area contributed by atoms with E-state index < -0.39 is 0 Å². The smallest absolute Gasteiger partial charge is 0.0948 e. The molecule has 0 amide bonds. The summed E-state index contributed by atoms with van der Waals surface area (Å²) in [5.74, 6) is 0. The van der Waals surface area contributed by atoms with E-state index >= 15 is 0 Å². The maximum Gasteiger partial charge on any atom is 0.0948 e. The number of aromatic nitrogens is 1. The van der Waals surface area contributed by atoms with Gasteiger partial charge in [0.25, 0.3) is 0 Å². The van der Waals surface area contributed by atoms with Crippen LogP contribution in [0.15, 0.2) is 30.5 Å². The van der Waals surface area contributed by atoms with Crippen LogP contribution in [0.3, 0.4) is 0 Å². The van der Waals surface area contributed by atoms with Crippen LogP contribution in [0.25, 0.3) is 10.9 Å². The summed E-state index contributed by atoms with van der Waals surface area (Å²) < 4.78 is 0. The summed E-state index contributed by atoms with van der Waals surface area (Å²) in [5, 5.41) is 13.8. The summed E-state index contributed by atoms with van der Waals surface area (Å²) >= 11 is 6.14. The van der Waals surface area contributed by atoms with Crippen LogP contribution in [-0.4, -0.2) is 11.0 Å². The molecule has 0 saturated carbocycles. The predicted octanol–water partition coefficient (Wildman–Crippen LogP) is 3.99. The Bertz CT molecular complexity index is 589. The van der Waals surface area contributed by atoms with Crippen LogP contribution in [0.2, 0.25) is 5.02 Å². The number of benzene rings is 1. The van der Waals surface area contributed by atoms with Gasteiger partial charge in [0.05, 0.1) is 28.7 Å². The van der Waals surface area contributed by atoms with Gasteiger partial charge in [0, 0.05) is 17.6 Å². The predicted molar refractivity (Wildman–Crippen MR) is 74.7 cm³/mol. The van der Waals surface area contributed by atoms with E-state index in [1.807, 2.05) is 24.3 Å². The van der Waals surface area contributed by atoms with E-state index in [9.17, 15) is 0 Å². The van der Waals surface area contributed by atoms with Crippen LogP contribution >= 0.6 is 11.6 Å². The summed E-state index contributed by atoms with van der Waals surface area (Å²) in [6.07, 6.45) is 3.12. The molecular weight excluding hydrogens is 246 g/mol. The maximum atomic E-state index is 8.78. The Morgan fingerprint density at radius 1 is 1.44 bits per heavy atom. The molecule has 1 aromatic carbocycles. The molecule has 0 saturated heterocycles. The van der Waals surface area contributed by atoms with Gasteiger partial charge in [0.2, 0.25) is 0 Å². The number of rotatable bonds is 4. The largest absolute Gasteiger partial charge is 0.380 e. The number of hydrogen-bond donors (Lipinski definition) is 1. The van der Waals surface area contributed by atoms with Crippen LogP contribution < -0.4 is 5.32 Å². The lowest BCUT2D eigenvalue weighted by atomic mass is 10.1. The van der Waals surface area contributed by atoms with Crippen LogP contribution in [0, 0.1) is 11.3 Å². The van der Waals surface area contributed by atoms with Crippen LogP contribution in [-0.2, 0) is 0 Å². The molecule has 0 aliphatic carbocycles. The van der Waals surface area contributed by atoms with Crippen LogP contribution in [0.1, 0.15) is 19.8 Å². The van der Waals surface area contributed by atoms with E-state index in [0.29, 0.717) is 11.4 Å². The number of fused-ring (bicyclic) bond motifs is 1. The van der Waals surface area contributed by atoms with Crippen molar-refractivity contribution in [2.45, 2.75) is 25.8 Å². The van der Waals surface area contributed by atoms with E-state index in [0.717, 1.165) is 23.0 Å². The standard InChI is InChI=1S/C14H14ClN3/c1-2-10(7-8-16)18-13-6-5-12(15)11-4-3-9-17-14(11)13/h3-6,9-10,18H,2,7H2,1H3. The third-order valence-electron chi connectivity index (χ3n) is 2.91. The summed E-state index contributed by atoms with van der Waals surface area (Å²) in [6.45, 7) is 2.06. The minimum Gasteiger partial charge on any atom is -0.380 e. The van der Waals surface area contributed by atoms with Gasteiger partial charge in [0.15, 0.2) is 0 Å². The molecule has 1 heterocycles. The molecule has 18 heavy (non-hydrogen) atoms. The Hall–Kier alpha value is -1.79. The number of nitriles is 1. The van der Waals surface area contributed by atoms with Crippen molar-refractivity contribution in [3.63, 3.8) is 0 Å². The molecule has 2 aromatic rings. The lowest BCUT2D eigenvalue weighted by Gasteiger charge is -2.16. The molecule has 4 heteroatoms. The first-order chi connectivity index (χ1) is 8.76. The van der Waals surface area contributed by atoms with Gasteiger partial charge in [-0.3, -0.25) is 4.98 Å². The van der Waals surface area contributed by atoms with Crippen molar-refractivity contribution in [3.8, 4) is 6.07 Å². The van der Waals surface area contributed by atoms with Gasteiger partial charge in [-0.05, 0) is 30.7 Å². The minimum atomic E-state index is 0.140. The highest BCUT2D eigenvalue weighted by Gasteiger charge is 2.10. The van der Waals surface area contributed by atoms with Gasteiger partial charge in [-0.1, -0.05) is 18.5 Å². The van der Waals surface area contributed by atoms with Crippen molar-refractivity contribution in [1.29, 1.82) is 5.26 Å². The number of pyridine rings is 1. The normalized spacial score (nSPS) is 12.1. The van der Waals surface area contributed by atoms with E-state index in [4.69, 9.17) is 16.9 Å². The van der Waals surface area contributed by atoms with Gasteiger partial charge in [0.1, 0.15) is 0 Å². The molecular formula is C14H14ClN3. The van der Waals surface area contributed by atoms with Gasteiger partial charge < -0.3 is 5.32 Å². The Morgan fingerprint density at radius 3 is 3.00 bits per heavy atom. The molecule has 0 aliphatic rings. The topological polar surface area (TPSA) is 48.7 Å². The van der Waals surface area contributed by atoms with Crippen molar-refractivity contribution < 1.29 is 0 Å². The highest BCUT2D eigenvalue weighted by atomic mass is 35.5. The van der Waals surface area contributed by atoms with E-state index in [2.05, 4.69) is 23.3 Å². The maximum absolute atomic E-state index is 8.78. The quantitative estimate of drug-likeness (QED) is 0.903. The second kappa shape index (κ2) is 5.70. The number of anilines is 1. The zero-order valence-corrected chi connectivity index (χ0v) is 10.9. The Labute approximate surface area is 111 Å². The number of halogens is 1. The average Bonchev–Trinajstić information content (AvgIpc) is 2.41. The molecule has 1 unspecified atom stereocenters. The monoisotopic (exact) mass is 259 g/mol. The lowest BCUT2D eigenvalue weighted by molar-refractivity contribution is 0.712. The van der Waals surface area contributed by atoms with Crippen LogP contribution in [0.5, 0.6) is 0 Å². The third-order valence-corrected chi connectivity index (χ3v) is 3.24. The molecule has 3 nitrogen and oxygen atoms in total. The van der Waals surface area contributed by atoms with Gasteiger partial charge in [-0.2, -0.15) is 5.26 Å². The molecule has 0 aliphatic heterocycles. The molecule has 1 atom stereocenters. The van der Waals surface area contributed by atoms with Crippen molar-refractivity contribution in [3.05, 3.63) is 35.5 Å². The Morgan fingerprint density at radius 2 is 2.28 bits per heavy atom. The lowest BCUT2D eigenvalue weighted by Crippen LogP contribution is -2.17. The Kier molecular flexibility index (Phi) is 4.01. The number of hydrogen-bond acceptors (Lipinski definition) is 3. The second-order valence-corrected chi connectivity index (χ2v) is 4.51. The van der Waals surface area contributed by atoms with Crippen LogP contribution in [0.4, 0.5) is 5.69 Å². The molecule has 0 bridgehead atoms. The zero-order chi connectivity index (χ0) is 13.0. The first-order valence-corrected chi connectivity index (χ1v) is 6.30. The first kappa shape index (κ1) is 12.7. The summed E-state index contributed by atoms with van der Waals surface area (Å²) in [5.41, 5.74) is 1.78. The van der Waals surface area contributed by atoms with Crippen molar-refractivity contribution in [1.82, 2.24) is 4.98 Å². The van der Waals surface area contributed by atoms with Gasteiger partial charge >= 0.3 is 0 Å². The molecule has 1 aromatic heterocycles. The highest BCUT2D eigenvalue weighted by molar-refractivity contribution is 6.35. The molecule has 0 fully saturated rings. The summed E-state index contributed by atoms with van der Waals surface area (Å²) in [6, 6.07) is 9.91. The molecule has 0 radical (unpaired) electrons. The molecule has 92 valence electrons. The SMILES string of the molecule is CCC(CC#N)Nc1ccc(Cl)c2cccnc12. The highest BCUT2D eigenvalue weighted by Crippen LogP contribution is 2.28. The zero-order valence-electron chi connectivity index (χ0n) is 10.2. The third kappa shape index (κ3) is 2.55. The van der Waals surface area contributed by atoms with E-state index in [1.54, 1.807) is 6.20 Å². The van der Waals surface area contributed by atoms with E-state index in [1.165, 1.54) is 0 Å². The van der Waals surface area contributed by atoms with Crippen molar-refractivity contribution in [2.75, 3.05) is 5.32 Å². The van der Waals surface area contributed by atoms with E-state index in [-0.39, 0.29) is 6.04 Å². The second-order valence-electron chi connectivity index (χ2n) is 4.11. The fraction of sp³-hybridized carbons (Fsp3) is 0.286. The van der Waals surface area contributed by atoms with Gasteiger partial charge in [-0.15, -0.1) is 0 Å².